The van der Waals surface area contributed by atoms with Crippen LogP contribution in [-0.2, 0) is 38.3 Å². The highest BCUT2D eigenvalue weighted by Gasteiger charge is 2.25. The fourth-order valence-electron chi connectivity index (χ4n) is 3.68. The van der Waals surface area contributed by atoms with Crippen LogP contribution >= 0.6 is 0 Å². The van der Waals surface area contributed by atoms with E-state index in [9.17, 15) is 18.0 Å². The minimum absolute atomic E-state index is 0.0482. The first kappa shape index (κ1) is 28.4. The van der Waals surface area contributed by atoms with Crippen LogP contribution < -0.4 is 26.8 Å². The molecule has 0 aliphatic rings. The number of carbonyl (C=O) groups is 2. The monoisotopic (exact) mass is 536 g/mol. The van der Waals surface area contributed by atoms with Gasteiger partial charge in [0.15, 0.2) is 0 Å². The van der Waals surface area contributed by atoms with Gasteiger partial charge in [-0.3, -0.25) is 15.0 Å². The summed E-state index contributed by atoms with van der Waals surface area (Å²) in [6.07, 6.45) is 0.654. The normalized spacial score (nSPS) is 11.9. The third-order valence-corrected chi connectivity index (χ3v) is 7.12. The van der Waals surface area contributed by atoms with E-state index in [1.54, 1.807) is 48.5 Å². The van der Waals surface area contributed by atoms with Crippen LogP contribution in [-0.4, -0.2) is 38.7 Å². The zero-order valence-corrected chi connectivity index (χ0v) is 21.6. The number of hydrogen-bond donors (Lipinski definition) is 6. The number of rotatable bonds is 13. The van der Waals surface area contributed by atoms with Crippen LogP contribution in [0.5, 0.6) is 0 Å². The molecule has 0 radical (unpaired) electrons. The van der Waals surface area contributed by atoms with E-state index in [4.69, 9.17) is 16.9 Å². The molecule has 3 aromatic rings. The fourth-order valence-corrected chi connectivity index (χ4v) is 5.10. The number of amides is 2. The molecule has 11 heteroatoms. The molecular weight excluding hydrogens is 504 g/mol. The van der Waals surface area contributed by atoms with E-state index >= 15 is 0 Å². The Balaban J connectivity index is 1.60. The van der Waals surface area contributed by atoms with Gasteiger partial charge in [-0.2, -0.15) is 0 Å². The second-order valence-electron chi connectivity index (χ2n) is 8.76. The van der Waals surface area contributed by atoms with Gasteiger partial charge in [-0.05, 0) is 35.6 Å². The quantitative estimate of drug-likeness (QED) is 0.109. The highest BCUT2D eigenvalue weighted by Crippen LogP contribution is 2.15. The van der Waals surface area contributed by atoms with Gasteiger partial charge in [0.05, 0.1) is 12.3 Å². The Hall–Kier alpha value is -4.22. The van der Waals surface area contributed by atoms with Crippen LogP contribution in [0.3, 0.4) is 0 Å². The fraction of sp³-hybridized carbons (Fsp3) is 0.222. The number of aryl methyl sites for hydroxylation is 1. The molecule has 0 saturated carbocycles. The van der Waals surface area contributed by atoms with Gasteiger partial charge in [-0.25, -0.2) is 13.1 Å². The lowest BCUT2D eigenvalue weighted by Gasteiger charge is -2.19. The molecule has 0 saturated heterocycles. The number of sulfonamides is 1. The van der Waals surface area contributed by atoms with Gasteiger partial charge in [0.25, 0.3) is 0 Å². The first-order valence-corrected chi connectivity index (χ1v) is 13.6. The summed E-state index contributed by atoms with van der Waals surface area (Å²) >= 11 is 0. The van der Waals surface area contributed by atoms with E-state index in [0.717, 1.165) is 11.1 Å². The zero-order chi connectivity index (χ0) is 27.5. The topological polar surface area (TPSA) is 180 Å². The maximum atomic E-state index is 13.0. The van der Waals surface area contributed by atoms with Gasteiger partial charge in [0, 0.05) is 17.8 Å². The van der Waals surface area contributed by atoms with E-state index in [-0.39, 0.29) is 31.1 Å². The third-order valence-electron chi connectivity index (χ3n) is 5.78. The highest BCUT2D eigenvalue weighted by atomic mass is 32.2. The number of para-hydroxylation sites is 1. The minimum atomic E-state index is -3.92. The molecule has 8 N–H and O–H groups in total. The van der Waals surface area contributed by atoms with Crippen molar-refractivity contribution in [2.75, 3.05) is 12.3 Å². The van der Waals surface area contributed by atoms with Crippen LogP contribution in [0.2, 0.25) is 0 Å². The number of nitrogens with two attached hydrogens (primary N) is 2. The molecule has 1 atom stereocenters. The Bertz CT molecular complexity index is 1360. The minimum Gasteiger partial charge on any atom is -0.398 e. The Kier molecular flexibility index (Phi) is 9.97. The molecule has 0 unspecified atom stereocenters. The van der Waals surface area contributed by atoms with Gasteiger partial charge >= 0.3 is 0 Å². The Labute approximate surface area is 222 Å². The van der Waals surface area contributed by atoms with Crippen LogP contribution in [0.4, 0.5) is 5.69 Å². The molecule has 200 valence electrons. The van der Waals surface area contributed by atoms with Gasteiger partial charge in [-0.1, -0.05) is 72.8 Å². The van der Waals surface area contributed by atoms with Crippen LogP contribution in [0.15, 0.2) is 78.9 Å². The average molecular weight is 537 g/mol. The van der Waals surface area contributed by atoms with E-state index in [0.29, 0.717) is 23.2 Å². The summed E-state index contributed by atoms with van der Waals surface area (Å²) in [7, 11) is -3.92. The second kappa shape index (κ2) is 13.4. The van der Waals surface area contributed by atoms with Crippen molar-refractivity contribution < 1.29 is 18.0 Å². The number of amidine groups is 1. The van der Waals surface area contributed by atoms with E-state index < -0.39 is 27.9 Å². The molecule has 0 bridgehead atoms. The van der Waals surface area contributed by atoms with Gasteiger partial charge in [0.1, 0.15) is 11.9 Å². The van der Waals surface area contributed by atoms with Gasteiger partial charge in [0.2, 0.25) is 21.8 Å². The molecule has 0 spiro atoms. The molecule has 0 fully saturated rings. The van der Waals surface area contributed by atoms with Gasteiger partial charge in [-0.15, -0.1) is 0 Å². The first-order chi connectivity index (χ1) is 18.1. The van der Waals surface area contributed by atoms with Crippen molar-refractivity contribution in [3.05, 3.63) is 101 Å². The molecule has 3 rings (SSSR count). The summed E-state index contributed by atoms with van der Waals surface area (Å²) in [6, 6.07) is 21.8. The Morgan fingerprint density at radius 1 is 0.868 bits per heavy atom. The number of hydrogen-bond acceptors (Lipinski definition) is 6. The highest BCUT2D eigenvalue weighted by molar-refractivity contribution is 7.88. The lowest BCUT2D eigenvalue weighted by atomic mass is 10.1. The van der Waals surface area contributed by atoms with E-state index in [1.807, 2.05) is 30.3 Å². The average Bonchev–Trinajstić information content (AvgIpc) is 2.90. The van der Waals surface area contributed by atoms with E-state index in [2.05, 4.69) is 15.4 Å². The van der Waals surface area contributed by atoms with Crippen molar-refractivity contribution >= 4 is 33.4 Å². The SMILES string of the molecule is N=C(N)c1ccc(CNC(=O)CNC(=O)[C@@H](CCc2ccccc2)NS(=O)(=O)Cc2ccccc2N)cc1. The van der Waals surface area contributed by atoms with Crippen molar-refractivity contribution in [3.8, 4) is 0 Å². The molecule has 2 amide bonds. The molecule has 10 nitrogen and oxygen atoms in total. The smallest absolute Gasteiger partial charge is 0.239 e. The second-order valence-corrected chi connectivity index (χ2v) is 10.5. The molecule has 3 aromatic carbocycles. The van der Waals surface area contributed by atoms with Gasteiger partial charge < -0.3 is 22.1 Å². The first-order valence-electron chi connectivity index (χ1n) is 12.0. The van der Waals surface area contributed by atoms with Crippen molar-refractivity contribution in [1.82, 2.24) is 15.4 Å². The number of benzene rings is 3. The summed E-state index contributed by atoms with van der Waals surface area (Å²) in [6.45, 7) is -0.102. The summed E-state index contributed by atoms with van der Waals surface area (Å²) in [5.74, 6) is -1.47. The molecule has 0 heterocycles. The standard InChI is InChI=1S/C27H32N6O4S/c28-23-9-5-4-8-22(23)18-38(36,37)33-24(15-12-19-6-2-1-3-7-19)27(35)32-17-25(34)31-16-20-10-13-21(14-11-20)26(29)30/h1-11,13-14,24,33H,12,15-18,28H2,(H3,29,30)(H,31,34)(H,32,35)/t24-/m1/s1. The molecular formula is C27H32N6O4S. The van der Waals surface area contributed by atoms with Crippen molar-refractivity contribution in [2.45, 2.75) is 31.2 Å². The predicted molar refractivity (Wildman–Crippen MR) is 147 cm³/mol. The molecule has 0 aliphatic heterocycles. The van der Waals surface area contributed by atoms with Crippen LogP contribution in [0.1, 0.15) is 28.7 Å². The largest absolute Gasteiger partial charge is 0.398 e. The number of carbonyl (C=O) groups excluding carboxylic acids is 2. The van der Waals surface area contributed by atoms with Crippen LogP contribution in [0.25, 0.3) is 0 Å². The summed E-state index contributed by atoms with van der Waals surface area (Å²) in [5, 5.41) is 12.6. The third kappa shape index (κ3) is 9.02. The van der Waals surface area contributed by atoms with E-state index in [1.165, 1.54) is 0 Å². The maximum Gasteiger partial charge on any atom is 0.239 e. The molecule has 38 heavy (non-hydrogen) atoms. The summed E-state index contributed by atoms with van der Waals surface area (Å²) < 4.78 is 28.3. The maximum absolute atomic E-state index is 13.0. The summed E-state index contributed by atoms with van der Waals surface area (Å²) in [4.78, 5) is 25.3. The summed E-state index contributed by atoms with van der Waals surface area (Å²) in [5.41, 5.74) is 14.4. The molecule has 0 aromatic heterocycles. The number of anilines is 1. The predicted octanol–water partition coefficient (Wildman–Crippen LogP) is 1.41. The van der Waals surface area contributed by atoms with Crippen LogP contribution in [0, 0.1) is 5.41 Å². The zero-order valence-electron chi connectivity index (χ0n) is 20.8. The van der Waals surface area contributed by atoms with Crippen molar-refractivity contribution in [1.29, 1.82) is 5.41 Å². The lowest BCUT2D eigenvalue weighted by molar-refractivity contribution is -0.127. The van der Waals surface area contributed by atoms with Crippen molar-refractivity contribution in [2.24, 2.45) is 5.73 Å². The number of nitrogen functional groups attached to an aromatic ring is 2. The van der Waals surface area contributed by atoms with Crippen molar-refractivity contribution in [3.63, 3.8) is 0 Å². The Morgan fingerprint density at radius 2 is 1.53 bits per heavy atom. The lowest BCUT2D eigenvalue weighted by Crippen LogP contribution is -2.49. The molecule has 0 aliphatic carbocycles. The number of nitrogens with one attached hydrogen (secondary N) is 4. The Morgan fingerprint density at radius 3 is 2.18 bits per heavy atom.